The van der Waals surface area contributed by atoms with Crippen LogP contribution in [0.1, 0.15) is 43.0 Å². The van der Waals surface area contributed by atoms with Crippen LogP contribution in [0.3, 0.4) is 0 Å². The summed E-state index contributed by atoms with van der Waals surface area (Å²) in [5.41, 5.74) is 0.613. The van der Waals surface area contributed by atoms with Crippen molar-refractivity contribution in [3.05, 3.63) is 60.2 Å². The van der Waals surface area contributed by atoms with Gasteiger partial charge in [0.05, 0.1) is 10.5 Å². The third kappa shape index (κ3) is 5.57. The molecule has 1 fully saturated rings. The summed E-state index contributed by atoms with van der Waals surface area (Å²) >= 11 is 0. The molecule has 1 amide bonds. The van der Waals surface area contributed by atoms with E-state index in [0.717, 1.165) is 25.7 Å². The topological polar surface area (TPSA) is 102 Å². The summed E-state index contributed by atoms with van der Waals surface area (Å²) in [4.78, 5) is 24.4. The number of hydrogen-bond donors (Lipinski definition) is 2. The van der Waals surface area contributed by atoms with E-state index in [1.165, 1.54) is 31.2 Å². The Morgan fingerprint density at radius 2 is 1.62 bits per heavy atom. The summed E-state index contributed by atoms with van der Waals surface area (Å²) < 4.78 is 32.5. The van der Waals surface area contributed by atoms with Crippen LogP contribution in [0.2, 0.25) is 0 Å². The number of carbonyl (C=O) groups is 2. The average Bonchev–Trinajstić information content (AvgIpc) is 3.21. The van der Waals surface area contributed by atoms with Crippen LogP contribution >= 0.6 is 0 Å². The van der Waals surface area contributed by atoms with E-state index in [9.17, 15) is 18.0 Å². The molecule has 2 aromatic carbocycles. The summed E-state index contributed by atoms with van der Waals surface area (Å²) in [6, 6.07) is 14.0. The van der Waals surface area contributed by atoms with Crippen LogP contribution < -0.4 is 10.0 Å². The zero-order chi connectivity index (χ0) is 20.9. The fraction of sp³-hybridized carbons (Fsp3) is 0.333. The quantitative estimate of drug-likeness (QED) is 0.676. The van der Waals surface area contributed by atoms with Gasteiger partial charge in [0.1, 0.15) is 0 Å². The standard InChI is InChI=1S/C21H24N2O5S/c1-15(20(24)22-17-7-5-6-8-17)28-21(25)16-11-13-19(14-12-16)29(26,27)23-18-9-3-2-4-10-18/h2-4,9-15,17,23H,5-8H2,1H3,(H,22,24)/t15-/m1/s1. The lowest BCUT2D eigenvalue weighted by Gasteiger charge is -2.17. The van der Waals surface area contributed by atoms with Crippen molar-refractivity contribution in [2.24, 2.45) is 0 Å². The van der Waals surface area contributed by atoms with E-state index in [-0.39, 0.29) is 22.4 Å². The van der Waals surface area contributed by atoms with Gasteiger partial charge in [-0.05, 0) is 56.2 Å². The fourth-order valence-electron chi connectivity index (χ4n) is 3.16. The van der Waals surface area contributed by atoms with Gasteiger partial charge in [0, 0.05) is 11.7 Å². The molecule has 1 aliphatic carbocycles. The van der Waals surface area contributed by atoms with E-state index in [4.69, 9.17) is 4.74 Å². The highest BCUT2D eigenvalue weighted by molar-refractivity contribution is 7.92. The molecule has 1 aliphatic rings. The van der Waals surface area contributed by atoms with E-state index >= 15 is 0 Å². The van der Waals surface area contributed by atoms with Gasteiger partial charge in [0.25, 0.3) is 15.9 Å². The van der Waals surface area contributed by atoms with E-state index in [1.54, 1.807) is 30.3 Å². The van der Waals surface area contributed by atoms with Gasteiger partial charge in [-0.15, -0.1) is 0 Å². The SMILES string of the molecule is C[C@@H](OC(=O)c1ccc(S(=O)(=O)Nc2ccccc2)cc1)C(=O)NC1CCCC1. The first-order valence-electron chi connectivity index (χ1n) is 9.54. The molecule has 0 saturated heterocycles. The van der Waals surface area contributed by atoms with Crippen molar-refractivity contribution >= 4 is 27.6 Å². The predicted molar refractivity (Wildman–Crippen MR) is 109 cm³/mol. The first-order valence-corrected chi connectivity index (χ1v) is 11.0. The molecule has 2 aromatic rings. The van der Waals surface area contributed by atoms with Crippen LogP contribution in [-0.2, 0) is 19.6 Å². The number of amides is 1. The van der Waals surface area contributed by atoms with E-state index < -0.39 is 22.1 Å². The predicted octanol–water partition coefficient (Wildman–Crippen LogP) is 3.09. The van der Waals surface area contributed by atoms with Gasteiger partial charge in [0.15, 0.2) is 6.10 Å². The summed E-state index contributed by atoms with van der Waals surface area (Å²) in [6.45, 7) is 1.52. The van der Waals surface area contributed by atoms with Gasteiger partial charge in [0.2, 0.25) is 0 Å². The average molecular weight is 416 g/mol. The van der Waals surface area contributed by atoms with Crippen molar-refractivity contribution in [2.75, 3.05) is 4.72 Å². The first kappa shape index (κ1) is 20.9. The third-order valence-electron chi connectivity index (χ3n) is 4.78. The Labute approximate surface area is 170 Å². The number of para-hydroxylation sites is 1. The molecular formula is C21H24N2O5S. The Kier molecular flexibility index (Phi) is 6.53. The summed E-state index contributed by atoms with van der Waals surface area (Å²) in [7, 11) is -3.77. The van der Waals surface area contributed by atoms with Crippen molar-refractivity contribution in [2.45, 2.75) is 49.6 Å². The Balaban J connectivity index is 1.60. The largest absolute Gasteiger partial charge is 0.449 e. The third-order valence-corrected chi connectivity index (χ3v) is 6.18. The van der Waals surface area contributed by atoms with Crippen LogP contribution in [0.5, 0.6) is 0 Å². The van der Waals surface area contributed by atoms with E-state index in [0.29, 0.717) is 5.69 Å². The number of rotatable bonds is 7. The lowest BCUT2D eigenvalue weighted by molar-refractivity contribution is -0.129. The maximum absolute atomic E-state index is 12.4. The lowest BCUT2D eigenvalue weighted by atomic mass is 10.2. The Hall–Kier alpha value is -2.87. The molecule has 0 aromatic heterocycles. The van der Waals surface area contributed by atoms with E-state index in [1.807, 2.05) is 0 Å². The van der Waals surface area contributed by atoms with Crippen LogP contribution in [-0.4, -0.2) is 32.4 Å². The zero-order valence-electron chi connectivity index (χ0n) is 16.1. The van der Waals surface area contributed by atoms with Crippen LogP contribution in [0, 0.1) is 0 Å². The van der Waals surface area contributed by atoms with Gasteiger partial charge in [-0.25, -0.2) is 13.2 Å². The second-order valence-electron chi connectivity index (χ2n) is 7.03. The van der Waals surface area contributed by atoms with E-state index in [2.05, 4.69) is 10.0 Å². The molecule has 0 radical (unpaired) electrons. The lowest BCUT2D eigenvalue weighted by Crippen LogP contribution is -2.40. The number of anilines is 1. The molecular weight excluding hydrogens is 392 g/mol. The molecule has 154 valence electrons. The monoisotopic (exact) mass is 416 g/mol. The maximum atomic E-state index is 12.4. The number of hydrogen-bond acceptors (Lipinski definition) is 5. The minimum Gasteiger partial charge on any atom is -0.449 e. The Morgan fingerprint density at radius 3 is 2.24 bits per heavy atom. The minimum atomic E-state index is -3.77. The van der Waals surface area contributed by atoms with Crippen molar-refractivity contribution in [3.8, 4) is 0 Å². The van der Waals surface area contributed by atoms with Crippen molar-refractivity contribution in [3.63, 3.8) is 0 Å². The molecule has 3 rings (SSSR count). The molecule has 29 heavy (non-hydrogen) atoms. The second kappa shape index (κ2) is 9.09. The Bertz CT molecular complexity index is 952. The highest BCUT2D eigenvalue weighted by Gasteiger charge is 2.24. The molecule has 2 N–H and O–H groups in total. The summed E-state index contributed by atoms with van der Waals surface area (Å²) in [5.74, 6) is -1.00. The molecule has 1 atom stereocenters. The normalized spacial score (nSPS) is 15.5. The number of nitrogens with one attached hydrogen (secondary N) is 2. The Morgan fingerprint density at radius 1 is 1.00 bits per heavy atom. The van der Waals surface area contributed by atoms with Crippen molar-refractivity contribution < 1.29 is 22.7 Å². The molecule has 1 saturated carbocycles. The van der Waals surface area contributed by atoms with Crippen LogP contribution in [0.4, 0.5) is 5.69 Å². The molecule has 0 heterocycles. The number of benzene rings is 2. The highest BCUT2D eigenvalue weighted by Crippen LogP contribution is 2.19. The first-order chi connectivity index (χ1) is 13.8. The van der Waals surface area contributed by atoms with Crippen LogP contribution in [0.15, 0.2) is 59.5 Å². The van der Waals surface area contributed by atoms with Gasteiger partial charge < -0.3 is 10.1 Å². The summed E-state index contributed by atoms with van der Waals surface area (Å²) in [6.07, 6.45) is 3.14. The van der Waals surface area contributed by atoms with Crippen molar-refractivity contribution in [1.82, 2.24) is 5.32 Å². The second-order valence-corrected chi connectivity index (χ2v) is 8.72. The minimum absolute atomic E-state index is 0.0185. The number of sulfonamides is 1. The zero-order valence-corrected chi connectivity index (χ0v) is 16.9. The van der Waals surface area contributed by atoms with Gasteiger partial charge in [-0.2, -0.15) is 0 Å². The molecule has 7 nitrogen and oxygen atoms in total. The van der Waals surface area contributed by atoms with Crippen LogP contribution in [0.25, 0.3) is 0 Å². The highest BCUT2D eigenvalue weighted by atomic mass is 32.2. The van der Waals surface area contributed by atoms with Gasteiger partial charge in [-0.3, -0.25) is 9.52 Å². The molecule has 0 aliphatic heterocycles. The number of esters is 1. The molecule has 0 spiro atoms. The fourth-order valence-corrected chi connectivity index (χ4v) is 4.22. The number of carbonyl (C=O) groups excluding carboxylic acids is 2. The summed E-state index contributed by atoms with van der Waals surface area (Å²) in [5, 5.41) is 2.88. The van der Waals surface area contributed by atoms with Gasteiger partial charge in [-0.1, -0.05) is 31.0 Å². The maximum Gasteiger partial charge on any atom is 0.338 e. The molecule has 0 unspecified atom stereocenters. The van der Waals surface area contributed by atoms with Crippen molar-refractivity contribution in [1.29, 1.82) is 0 Å². The molecule has 8 heteroatoms. The molecule has 0 bridgehead atoms. The smallest absolute Gasteiger partial charge is 0.338 e. The van der Waals surface area contributed by atoms with Gasteiger partial charge >= 0.3 is 5.97 Å². The number of ether oxygens (including phenoxy) is 1.